The van der Waals surface area contributed by atoms with Gasteiger partial charge >= 0.3 is 5.97 Å². The molecule has 1 amide bonds. The van der Waals surface area contributed by atoms with Crippen LogP contribution in [0.5, 0.6) is 0 Å². The Labute approximate surface area is 110 Å². The highest BCUT2D eigenvalue weighted by molar-refractivity contribution is 5.77. The molecule has 0 fully saturated rings. The maximum Gasteiger partial charge on any atom is 0.303 e. The average molecular weight is 258 g/mol. The molecule has 0 aliphatic heterocycles. The highest BCUT2D eigenvalue weighted by Crippen LogP contribution is 2.06. The number of hydrogen-bond acceptors (Lipinski definition) is 3. The van der Waals surface area contributed by atoms with Crippen molar-refractivity contribution in [3.63, 3.8) is 0 Å². The second-order valence-corrected chi connectivity index (χ2v) is 4.64. The molecule has 0 spiro atoms. The molecule has 1 unspecified atom stereocenters. The maximum atomic E-state index is 11.5. The van der Waals surface area contributed by atoms with E-state index in [4.69, 9.17) is 5.11 Å². The topological polar surface area (TPSA) is 69.6 Å². The van der Waals surface area contributed by atoms with Crippen molar-refractivity contribution >= 4 is 11.9 Å². The van der Waals surface area contributed by atoms with Crippen molar-refractivity contribution in [3.05, 3.63) is 0 Å². The summed E-state index contributed by atoms with van der Waals surface area (Å²) in [6.07, 6.45) is 1.27. The Bertz CT molecular complexity index is 253. The minimum absolute atomic E-state index is 0.0485. The Hall–Kier alpha value is -1.10. The molecule has 0 radical (unpaired) electrons. The number of rotatable bonds is 10. The first-order chi connectivity index (χ1) is 8.49. The number of nitrogens with zero attached hydrogens (tertiary/aromatic N) is 1. The zero-order valence-corrected chi connectivity index (χ0v) is 11.7. The van der Waals surface area contributed by atoms with Gasteiger partial charge in [0.25, 0.3) is 0 Å². The fourth-order valence-electron chi connectivity index (χ4n) is 1.83. The first-order valence-corrected chi connectivity index (χ1v) is 6.70. The van der Waals surface area contributed by atoms with E-state index in [0.717, 1.165) is 26.1 Å². The quantitative estimate of drug-likeness (QED) is 0.580. The van der Waals surface area contributed by atoms with E-state index in [1.165, 1.54) is 0 Å². The minimum Gasteiger partial charge on any atom is -0.481 e. The van der Waals surface area contributed by atoms with Crippen molar-refractivity contribution in [1.82, 2.24) is 10.2 Å². The number of hydrogen-bond donors (Lipinski definition) is 2. The maximum absolute atomic E-state index is 11.5. The average Bonchev–Trinajstić information content (AvgIpc) is 2.28. The van der Waals surface area contributed by atoms with Crippen LogP contribution in [0.4, 0.5) is 0 Å². The van der Waals surface area contributed by atoms with Gasteiger partial charge in [0.1, 0.15) is 0 Å². The first-order valence-electron chi connectivity index (χ1n) is 6.70. The zero-order valence-electron chi connectivity index (χ0n) is 11.7. The van der Waals surface area contributed by atoms with Crippen molar-refractivity contribution in [2.45, 2.75) is 40.0 Å². The first kappa shape index (κ1) is 16.9. The number of carboxylic acid groups (broad SMARTS) is 1. The van der Waals surface area contributed by atoms with E-state index in [1.54, 1.807) is 6.92 Å². The fraction of sp³-hybridized carbons (Fsp3) is 0.846. The van der Waals surface area contributed by atoms with E-state index < -0.39 is 5.97 Å². The number of amides is 1. The summed E-state index contributed by atoms with van der Waals surface area (Å²) in [6.45, 7) is 9.72. The van der Waals surface area contributed by atoms with Crippen molar-refractivity contribution < 1.29 is 14.7 Å². The summed E-state index contributed by atoms with van der Waals surface area (Å²) in [6, 6.07) is 0. The van der Waals surface area contributed by atoms with Gasteiger partial charge in [0, 0.05) is 19.4 Å². The molecule has 106 valence electrons. The van der Waals surface area contributed by atoms with Crippen LogP contribution in [0.25, 0.3) is 0 Å². The van der Waals surface area contributed by atoms with Gasteiger partial charge in [-0.05, 0) is 32.0 Å². The molecular formula is C13H26N2O3. The third kappa shape index (κ3) is 8.98. The summed E-state index contributed by atoms with van der Waals surface area (Å²) in [5.41, 5.74) is 0. The summed E-state index contributed by atoms with van der Waals surface area (Å²) < 4.78 is 0. The van der Waals surface area contributed by atoms with E-state index in [0.29, 0.717) is 6.54 Å². The molecule has 18 heavy (non-hydrogen) atoms. The lowest BCUT2D eigenvalue weighted by molar-refractivity contribution is -0.138. The smallest absolute Gasteiger partial charge is 0.303 e. The van der Waals surface area contributed by atoms with Gasteiger partial charge in [-0.25, -0.2) is 0 Å². The van der Waals surface area contributed by atoms with E-state index in [2.05, 4.69) is 24.1 Å². The van der Waals surface area contributed by atoms with Crippen LogP contribution in [-0.2, 0) is 9.59 Å². The van der Waals surface area contributed by atoms with Crippen LogP contribution in [0.1, 0.15) is 40.0 Å². The Balaban J connectivity index is 3.61. The SMILES string of the molecule is CCN(CC)CCCNC(=O)CC(C)CC(=O)O. The predicted molar refractivity (Wildman–Crippen MR) is 71.4 cm³/mol. The third-order valence-electron chi connectivity index (χ3n) is 2.92. The van der Waals surface area contributed by atoms with Gasteiger partial charge in [-0.1, -0.05) is 20.8 Å². The van der Waals surface area contributed by atoms with Gasteiger partial charge in [-0.3, -0.25) is 9.59 Å². The molecule has 0 bridgehead atoms. The summed E-state index contributed by atoms with van der Waals surface area (Å²) in [5, 5.41) is 11.4. The second-order valence-electron chi connectivity index (χ2n) is 4.64. The normalized spacial score (nSPS) is 12.4. The van der Waals surface area contributed by atoms with Gasteiger partial charge in [-0.2, -0.15) is 0 Å². The van der Waals surface area contributed by atoms with Crippen LogP contribution in [0.3, 0.4) is 0 Å². The largest absolute Gasteiger partial charge is 0.481 e. The Morgan fingerprint density at radius 2 is 1.83 bits per heavy atom. The molecule has 0 rings (SSSR count). The highest BCUT2D eigenvalue weighted by atomic mass is 16.4. The van der Waals surface area contributed by atoms with Gasteiger partial charge in [0.15, 0.2) is 0 Å². The molecule has 0 saturated heterocycles. The molecule has 0 aromatic carbocycles. The summed E-state index contributed by atoms with van der Waals surface area (Å²) in [7, 11) is 0. The van der Waals surface area contributed by atoms with Gasteiger partial charge in [0.05, 0.1) is 0 Å². The van der Waals surface area contributed by atoms with Crippen LogP contribution in [0, 0.1) is 5.92 Å². The number of carboxylic acids is 1. The predicted octanol–water partition coefficient (Wildman–Crippen LogP) is 1.34. The van der Waals surface area contributed by atoms with E-state index >= 15 is 0 Å². The monoisotopic (exact) mass is 258 g/mol. The Morgan fingerprint density at radius 1 is 1.22 bits per heavy atom. The second kappa shape index (κ2) is 9.88. The van der Waals surface area contributed by atoms with Crippen LogP contribution >= 0.6 is 0 Å². The molecule has 0 aromatic heterocycles. The van der Waals surface area contributed by atoms with Crippen molar-refractivity contribution in [1.29, 1.82) is 0 Å². The molecule has 0 saturated carbocycles. The number of carbonyl (C=O) groups is 2. The van der Waals surface area contributed by atoms with Crippen LogP contribution in [0.2, 0.25) is 0 Å². The lowest BCUT2D eigenvalue weighted by Crippen LogP contribution is -2.30. The van der Waals surface area contributed by atoms with Crippen molar-refractivity contribution in [2.24, 2.45) is 5.92 Å². The number of carbonyl (C=O) groups excluding carboxylic acids is 1. The molecule has 0 aliphatic carbocycles. The van der Waals surface area contributed by atoms with E-state index in [1.807, 2.05) is 0 Å². The molecular weight excluding hydrogens is 232 g/mol. The summed E-state index contributed by atoms with van der Waals surface area (Å²) >= 11 is 0. The molecule has 5 nitrogen and oxygen atoms in total. The summed E-state index contributed by atoms with van der Waals surface area (Å²) in [4.78, 5) is 24.3. The standard InChI is InChI=1S/C13H26N2O3/c1-4-15(5-2)8-6-7-14-12(16)9-11(3)10-13(17)18/h11H,4-10H2,1-3H3,(H,14,16)(H,17,18). The molecule has 0 heterocycles. The van der Waals surface area contributed by atoms with Crippen molar-refractivity contribution in [2.75, 3.05) is 26.2 Å². The van der Waals surface area contributed by atoms with Crippen molar-refractivity contribution in [3.8, 4) is 0 Å². The third-order valence-corrected chi connectivity index (χ3v) is 2.92. The number of aliphatic carboxylic acids is 1. The Morgan fingerprint density at radius 3 is 2.33 bits per heavy atom. The highest BCUT2D eigenvalue weighted by Gasteiger charge is 2.12. The number of nitrogens with one attached hydrogen (secondary N) is 1. The van der Waals surface area contributed by atoms with Gasteiger partial charge < -0.3 is 15.3 Å². The molecule has 1 atom stereocenters. The molecule has 2 N–H and O–H groups in total. The van der Waals surface area contributed by atoms with Crippen LogP contribution in [0.15, 0.2) is 0 Å². The zero-order chi connectivity index (χ0) is 14.0. The van der Waals surface area contributed by atoms with Crippen LogP contribution in [-0.4, -0.2) is 48.1 Å². The Kier molecular flexibility index (Phi) is 9.28. The molecule has 0 aromatic rings. The van der Waals surface area contributed by atoms with Gasteiger partial charge in [-0.15, -0.1) is 0 Å². The van der Waals surface area contributed by atoms with E-state index in [-0.39, 0.29) is 24.7 Å². The lowest BCUT2D eigenvalue weighted by Gasteiger charge is -2.17. The van der Waals surface area contributed by atoms with E-state index in [9.17, 15) is 9.59 Å². The minimum atomic E-state index is -0.850. The van der Waals surface area contributed by atoms with Gasteiger partial charge in [0.2, 0.25) is 5.91 Å². The molecule has 0 aliphatic rings. The fourth-order valence-corrected chi connectivity index (χ4v) is 1.83. The lowest BCUT2D eigenvalue weighted by atomic mass is 10.0. The van der Waals surface area contributed by atoms with Crippen LogP contribution < -0.4 is 5.32 Å². The summed E-state index contributed by atoms with van der Waals surface area (Å²) in [5.74, 6) is -1.01. The molecule has 5 heteroatoms.